The van der Waals surface area contributed by atoms with E-state index >= 15 is 0 Å². The minimum absolute atomic E-state index is 0.392. The van der Waals surface area contributed by atoms with Gasteiger partial charge in [-0.15, -0.1) is 0 Å². The molecule has 3 rings (SSSR count). The van der Waals surface area contributed by atoms with Gasteiger partial charge in [0.05, 0.1) is 33.5 Å². The largest absolute Gasteiger partial charge is 0.497 e. The summed E-state index contributed by atoms with van der Waals surface area (Å²) in [6.45, 7) is 3.26. The fraction of sp³-hybridized carbons (Fsp3) is 0.538. The fourth-order valence-corrected chi connectivity index (χ4v) is 1.22. The van der Waals surface area contributed by atoms with Crippen LogP contribution in [0.4, 0.5) is 0 Å². The van der Waals surface area contributed by atoms with Crippen molar-refractivity contribution in [2.24, 2.45) is 0 Å². The van der Waals surface area contributed by atoms with Crippen LogP contribution in [-0.2, 0) is 14.2 Å². The van der Waals surface area contributed by atoms with Crippen LogP contribution in [0.5, 0.6) is 5.75 Å². The zero-order chi connectivity index (χ0) is 11.9. The molecule has 0 aromatic heterocycles. The highest BCUT2D eigenvalue weighted by atomic mass is 16.6. The van der Waals surface area contributed by atoms with E-state index in [4.69, 9.17) is 18.9 Å². The van der Waals surface area contributed by atoms with E-state index in [1.807, 2.05) is 30.3 Å². The second kappa shape index (κ2) is 6.59. The number of methoxy groups -OCH3 is 1. The van der Waals surface area contributed by atoms with Crippen molar-refractivity contribution in [2.75, 3.05) is 33.5 Å². The highest BCUT2D eigenvalue weighted by Crippen LogP contribution is 2.12. The molecular formula is C13H18O4. The van der Waals surface area contributed by atoms with Crippen molar-refractivity contribution in [3.05, 3.63) is 30.3 Å². The number of hydrogen-bond donors (Lipinski definition) is 0. The van der Waals surface area contributed by atoms with E-state index in [-0.39, 0.29) is 0 Å². The third-order valence-electron chi connectivity index (χ3n) is 2.39. The second-order valence-corrected chi connectivity index (χ2v) is 3.97. The van der Waals surface area contributed by atoms with Crippen molar-refractivity contribution in [1.29, 1.82) is 0 Å². The van der Waals surface area contributed by atoms with Crippen molar-refractivity contribution in [3.63, 3.8) is 0 Å². The van der Waals surface area contributed by atoms with E-state index in [0.29, 0.717) is 12.2 Å². The summed E-state index contributed by atoms with van der Waals surface area (Å²) in [5.74, 6) is 0.910. The Hall–Kier alpha value is -1.10. The Morgan fingerprint density at radius 1 is 1.06 bits per heavy atom. The van der Waals surface area contributed by atoms with Crippen LogP contribution in [0, 0.1) is 0 Å². The van der Waals surface area contributed by atoms with Gasteiger partial charge in [0.1, 0.15) is 18.0 Å². The molecule has 2 heterocycles. The summed E-state index contributed by atoms with van der Waals surface area (Å²) >= 11 is 0. The number of rotatable bonds is 5. The monoisotopic (exact) mass is 238 g/mol. The third kappa shape index (κ3) is 5.68. The molecule has 0 N–H and O–H groups in total. The number of para-hydroxylation sites is 1. The Balaban J connectivity index is 0.000000128. The molecule has 2 atom stereocenters. The average Bonchev–Trinajstić information content (AvgIpc) is 3.25. The van der Waals surface area contributed by atoms with Crippen LogP contribution < -0.4 is 4.74 Å². The minimum atomic E-state index is 0.392. The molecule has 1 aromatic carbocycles. The van der Waals surface area contributed by atoms with Gasteiger partial charge in [0.2, 0.25) is 0 Å². The van der Waals surface area contributed by atoms with E-state index in [2.05, 4.69) is 0 Å². The van der Waals surface area contributed by atoms with Gasteiger partial charge in [-0.3, -0.25) is 0 Å². The van der Waals surface area contributed by atoms with Crippen molar-refractivity contribution >= 4 is 0 Å². The van der Waals surface area contributed by atoms with Crippen LogP contribution in [0.2, 0.25) is 0 Å². The quantitative estimate of drug-likeness (QED) is 0.729. The van der Waals surface area contributed by atoms with Gasteiger partial charge >= 0.3 is 0 Å². The lowest BCUT2D eigenvalue weighted by molar-refractivity contribution is 0.102. The van der Waals surface area contributed by atoms with Crippen LogP contribution in [0.25, 0.3) is 0 Å². The van der Waals surface area contributed by atoms with E-state index in [1.165, 1.54) is 0 Å². The number of benzene rings is 1. The molecule has 0 spiro atoms. The molecule has 1 aromatic rings. The summed E-state index contributed by atoms with van der Waals surface area (Å²) in [5, 5.41) is 0. The topological polar surface area (TPSA) is 43.5 Å². The predicted molar refractivity (Wildman–Crippen MR) is 63.3 cm³/mol. The van der Waals surface area contributed by atoms with E-state index in [1.54, 1.807) is 7.11 Å². The standard InChI is InChI=1S/C7H8O.C6H10O3/c1-8-7-5-3-2-4-6-7;1(5-3-8-5)7-2-6-4-9-6/h2-6H,1H3;5-6H,1-4H2. The maximum Gasteiger partial charge on any atom is 0.118 e. The summed E-state index contributed by atoms with van der Waals surface area (Å²) < 4.78 is 20.0. The lowest BCUT2D eigenvalue weighted by Gasteiger charge is -1.95. The normalized spacial score (nSPS) is 24.5. The molecule has 0 radical (unpaired) electrons. The van der Waals surface area contributed by atoms with Gasteiger partial charge in [-0.1, -0.05) is 18.2 Å². The molecule has 0 saturated carbocycles. The Kier molecular flexibility index (Phi) is 4.79. The molecule has 4 heteroatoms. The van der Waals surface area contributed by atoms with Crippen molar-refractivity contribution < 1.29 is 18.9 Å². The van der Waals surface area contributed by atoms with Gasteiger partial charge in [-0.2, -0.15) is 0 Å². The molecule has 0 aliphatic carbocycles. The van der Waals surface area contributed by atoms with Crippen LogP contribution in [-0.4, -0.2) is 45.7 Å². The molecule has 2 aliphatic rings. The van der Waals surface area contributed by atoms with Crippen molar-refractivity contribution in [2.45, 2.75) is 12.2 Å². The van der Waals surface area contributed by atoms with Crippen LogP contribution >= 0.6 is 0 Å². The zero-order valence-corrected chi connectivity index (χ0v) is 10.0. The Bertz CT molecular complexity index is 294. The number of hydrogen-bond acceptors (Lipinski definition) is 4. The van der Waals surface area contributed by atoms with E-state index in [0.717, 1.165) is 32.2 Å². The van der Waals surface area contributed by atoms with Crippen LogP contribution in [0.15, 0.2) is 30.3 Å². The summed E-state index contributed by atoms with van der Waals surface area (Å²) in [6.07, 6.45) is 0.785. The Morgan fingerprint density at radius 2 is 1.59 bits per heavy atom. The van der Waals surface area contributed by atoms with E-state index in [9.17, 15) is 0 Å². The lowest BCUT2D eigenvalue weighted by Crippen LogP contribution is -2.06. The maximum absolute atomic E-state index is 5.23. The first-order chi connectivity index (χ1) is 8.38. The van der Waals surface area contributed by atoms with Crippen molar-refractivity contribution in [3.8, 4) is 5.75 Å². The summed E-state index contributed by atoms with van der Waals surface area (Å²) in [4.78, 5) is 0. The SMILES string of the molecule is C(OCC1CO1)C1CO1.COc1ccccc1. The highest BCUT2D eigenvalue weighted by Gasteiger charge is 2.26. The van der Waals surface area contributed by atoms with Crippen LogP contribution in [0.3, 0.4) is 0 Å². The maximum atomic E-state index is 5.23. The third-order valence-corrected chi connectivity index (χ3v) is 2.39. The van der Waals surface area contributed by atoms with Gasteiger partial charge in [0, 0.05) is 0 Å². The highest BCUT2D eigenvalue weighted by molar-refractivity contribution is 5.20. The number of epoxide rings is 2. The summed E-state index contributed by atoms with van der Waals surface area (Å²) in [7, 11) is 1.66. The molecule has 2 unspecified atom stereocenters. The first-order valence-corrected chi connectivity index (χ1v) is 5.78. The van der Waals surface area contributed by atoms with Gasteiger partial charge in [-0.05, 0) is 12.1 Å². The molecule has 94 valence electrons. The molecule has 4 nitrogen and oxygen atoms in total. The number of ether oxygens (including phenoxy) is 4. The first-order valence-electron chi connectivity index (χ1n) is 5.78. The Labute approximate surface area is 101 Å². The van der Waals surface area contributed by atoms with Crippen LogP contribution in [0.1, 0.15) is 0 Å². The van der Waals surface area contributed by atoms with Gasteiger partial charge in [0.25, 0.3) is 0 Å². The van der Waals surface area contributed by atoms with Gasteiger partial charge in [0.15, 0.2) is 0 Å². The average molecular weight is 238 g/mol. The molecule has 0 bridgehead atoms. The lowest BCUT2D eigenvalue weighted by atomic mass is 10.3. The van der Waals surface area contributed by atoms with Crippen molar-refractivity contribution in [1.82, 2.24) is 0 Å². The van der Waals surface area contributed by atoms with Gasteiger partial charge in [-0.25, -0.2) is 0 Å². The minimum Gasteiger partial charge on any atom is -0.497 e. The summed E-state index contributed by atoms with van der Waals surface area (Å²) in [6, 6.07) is 9.68. The molecule has 17 heavy (non-hydrogen) atoms. The fourth-order valence-electron chi connectivity index (χ4n) is 1.22. The molecule has 2 aliphatic heterocycles. The predicted octanol–water partition coefficient (Wildman–Crippen LogP) is 1.50. The molecular weight excluding hydrogens is 220 g/mol. The summed E-state index contributed by atoms with van der Waals surface area (Å²) in [5.41, 5.74) is 0. The zero-order valence-electron chi connectivity index (χ0n) is 10.0. The molecule has 0 amide bonds. The first kappa shape index (κ1) is 12.4. The second-order valence-electron chi connectivity index (χ2n) is 3.97. The smallest absolute Gasteiger partial charge is 0.118 e. The molecule has 2 saturated heterocycles. The van der Waals surface area contributed by atoms with E-state index < -0.39 is 0 Å². The molecule has 2 fully saturated rings. The Morgan fingerprint density at radius 3 is 1.94 bits per heavy atom. The van der Waals surface area contributed by atoms with Gasteiger partial charge < -0.3 is 18.9 Å².